The van der Waals surface area contributed by atoms with Crippen molar-refractivity contribution in [1.29, 1.82) is 0 Å². The summed E-state index contributed by atoms with van der Waals surface area (Å²) in [5.74, 6) is 0.887. The third kappa shape index (κ3) is 2.15. The van der Waals surface area contributed by atoms with Crippen LogP contribution in [0.5, 0.6) is 0 Å². The van der Waals surface area contributed by atoms with E-state index in [4.69, 9.17) is 16.3 Å². The maximum absolute atomic E-state index is 6.16. The van der Waals surface area contributed by atoms with Crippen molar-refractivity contribution in [3.63, 3.8) is 0 Å². The number of ether oxygens (including phenoxy) is 1. The molecule has 1 fully saturated rings. The van der Waals surface area contributed by atoms with Gasteiger partial charge in [0.05, 0.1) is 6.10 Å². The van der Waals surface area contributed by atoms with Crippen molar-refractivity contribution in [2.45, 2.75) is 31.8 Å². The molecule has 0 saturated carbocycles. The number of rotatable bonds is 2. The van der Waals surface area contributed by atoms with Crippen molar-refractivity contribution < 1.29 is 4.74 Å². The third-order valence-electron chi connectivity index (χ3n) is 3.13. The monoisotopic (exact) mass is 251 g/mol. The van der Waals surface area contributed by atoms with E-state index in [1.165, 1.54) is 6.42 Å². The van der Waals surface area contributed by atoms with Gasteiger partial charge < -0.3 is 4.74 Å². The molecule has 2 aromatic rings. The molecule has 3 heterocycles. The van der Waals surface area contributed by atoms with Crippen LogP contribution in [-0.4, -0.2) is 27.3 Å². The Morgan fingerprint density at radius 2 is 2.29 bits per heavy atom. The van der Waals surface area contributed by atoms with E-state index in [1.807, 2.05) is 22.6 Å². The van der Waals surface area contributed by atoms with Gasteiger partial charge in [-0.05, 0) is 31.4 Å². The molecule has 17 heavy (non-hydrogen) atoms. The molecule has 2 aromatic heterocycles. The number of aromatic nitrogens is 3. The molecule has 1 aliphatic rings. The minimum atomic E-state index is 0.257. The zero-order valence-electron chi connectivity index (χ0n) is 9.47. The summed E-state index contributed by atoms with van der Waals surface area (Å²) >= 11 is 6.16. The fourth-order valence-corrected chi connectivity index (χ4v) is 2.52. The van der Waals surface area contributed by atoms with E-state index in [2.05, 4.69) is 10.2 Å². The summed E-state index contributed by atoms with van der Waals surface area (Å²) in [6, 6.07) is 5.64. The smallest absolute Gasteiger partial charge is 0.161 e. The van der Waals surface area contributed by atoms with E-state index in [9.17, 15) is 0 Å². The lowest BCUT2D eigenvalue weighted by atomic mass is 10.1. The Kier molecular flexibility index (Phi) is 2.99. The van der Waals surface area contributed by atoms with Gasteiger partial charge in [0, 0.05) is 13.0 Å². The number of pyridine rings is 1. The fraction of sp³-hybridized carbons (Fsp3) is 0.500. The van der Waals surface area contributed by atoms with Crippen LogP contribution in [0.2, 0.25) is 5.15 Å². The molecule has 0 amide bonds. The molecule has 1 unspecified atom stereocenters. The van der Waals surface area contributed by atoms with E-state index in [0.717, 1.165) is 37.3 Å². The second-order valence-electron chi connectivity index (χ2n) is 4.35. The minimum Gasteiger partial charge on any atom is -0.378 e. The van der Waals surface area contributed by atoms with Gasteiger partial charge >= 0.3 is 0 Å². The van der Waals surface area contributed by atoms with Crippen molar-refractivity contribution in [2.24, 2.45) is 0 Å². The maximum atomic E-state index is 6.16. The summed E-state index contributed by atoms with van der Waals surface area (Å²) in [5, 5.41) is 8.97. The topological polar surface area (TPSA) is 39.4 Å². The molecule has 0 bridgehead atoms. The van der Waals surface area contributed by atoms with Gasteiger partial charge in [0.25, 0.3) is 0 Å². The zero-order chi connectivity index (χ0) is 11.7. The van der Waals surface area contributed by atoms with Crippen molar-refractivity contribution in [2.75, 3.05) is 6.61 Å². The van der Waals surface area contributed by atoms with E-state index >= 15 is 0 Å². The van der Waals surface area contributed by atoms with Crippen LogP contribution in [0, 0.1) is 0 Å². The number of halogens is 1. The molecule has 0 aromatic carbocycles. The third-order valence-corrected chi connectivity index (χ3v) is 3.43. The van der Waals surface area contributed by atoms with Crippen LogP contribution in [0.4, 0.5) is 0 Å². The van der Waals surface area contributed by atoms with Gasteiger partial charge in [0.1, 0.15) is 11.0 Å². The van der Waals surface area contributed by atoms with Gasteiger partial charge in [-0.1, -0.05) is 17.7 Å². The van der Waals surface area contributed by atoms with Gasteiger partial charge in [0.2, 0.25) is 0 Å². The van der Waals surface area contributed by atoms with E-state index in [1.54, 1.807) is 0 Å². The second-order valence-corrected chi connectivity index (χ2v) is 4.74. The second kappa shape index (κ2) is 4.63. The molecule has 90 valence electrons. The minimum absolute atomic E-state index is 0.257. The van der Waals surface area contributed by atoms with Gasteiger partial charge in [0.15, 0.2) is 5.65 Å². The molecule has 0 N–H and O–H groups in total. The molecule has 4 nitrogen and oxygen atoms in total. The zero-order valence-corrected chi connectivity index (χ0v) is 10.2. The highest BCUT2D eigenvalue weighted by Crippen LogP contribution is 2.19. The normalized spacial score (nSPS) is 20.9. The Labute approximate surface area is 105 Å². The first kappa shape index (κ1) is 11.0. The van der Waals surface area contributed by atoms with Crippen molar-refractivity contribution in [1.82, 2.24) is 14.6 Å². The lowest BCUT2D eigenvalue weighted by Gasteiger charge is -2.21. The molecule has 1 aliphatic heterocycles. The molecular formula is C12H14ClN3O. The standard InChI is InChI=1S/C12H14ClN3O/c13-10-5-3-6-11-14-15-12(16(10)11)8-9-4-1-2-7-17-9/h3,5-6,9H,1-2,4,7-8H2. The maximum Gasteiger partial charge on any atom is 0.161 e. The van der Waals surface area contributed by atoms with Crippen LogP contribution in [0.25, 0.3) is 5.65 Å². The molecule has 0 spiro atoms. The fourth-order valence-electron chi connectivity index (χ4n) is 2.26. The average molecular weight is 252 g/mol. The van der Waals surface area contributed by atoms with Crippen molar-refractivity contribution in [3.8, 4) is 0 Å². The van der Waals surface area contributed by atoms with Crippen LogP contribution < -0.4 is 0 Å². The van der Waals surface area contributed by atoms with Crippen LogP contribution in [0.15, 0.2) is 18.2 Å². The average Bonchev–Trinajstić information content (AvgIpc) is 2.75. The Hall–Kier alpha value is -1.13. The summed E-state index contributed by atoms with van der Waals surface area (Å²) in [5.41, 5.74) is 0.795. The Balaban J connectivity index is 1.89. The van der Waals surface area contributed by atoms with Gasteiger partial charge in [-0.3, -0.25) is 4.40 Å². The molecular weight excluding hydrogens is 238 g/mol. The van der Waals surface area contributed by atoms with E-state index in [-0.39, 0.29) is 6.10 Å². The highest BCUT2D eigenvalue weighted by atomic mass is 35.5. The van der Waals surface area contributed by atoms with Crippen LogP contribution >= 0.6 is 11.6 Å². The highest BCUT2D eigenvalue weighted by Gasteiger charge is 2.18. The number of fused-ring (bicyclic) bond motifs is 1. The van der Waals surface area contributed by atoms with Crippen LogP contribution in [-0.2, 0) is 11.2 Å². The van der Waals surface area contributed by atoms with Crippen LogP contribution in [0.1, 0.15) is 25.1 Å². The predicted octanol–water partition coefficient (Wildman–Crippen LogP) is 2.49. The number of hydrogen-bond donors (Lipinski definition) is 0. The summed E-state index contributed by atoms with van der Waals surface area (Å²) < 4.78 is 7.60. The summed E-state index contributed by atoms with van der Waals surface area (Å²) in [6.45, 7) is 0.856. The summed E-state index contributed by atoms with van der Waals surface area (Å²) in [6.07, 6.45) is 4.53. The first-order chi connectivity index (χ1) is 8.34. The predicted molar refractivity (Wildman–Crippen MR) is 65.3 cm³/mol. The van der Waals surface area contributed by atoms with Crippen molar-refractivity contribution >= 4 is 17.2 Å². The lowest BCUT2D eigenvalue weighted by Crippen LogP contribution is -2.22. The summed E-state index contributed by atoms with van der Waals surface area (Å²) in [4.78, 5) is 0. The Morgan fingerprint density at radius 1 is 1.35 bits per heavy atom. The van der Waals surface area contributed by atoms with Gasteiger partial charge in [-0.15, -0.1) is 10.2 Å². The molecule has 5 heteroatoms. The van der Waals surface area contributed by atoms with Gasteiger partial charge in [-0.2, -0.15) is 0 Å². The first-order valence-corrected chi connectivity index (χ1v) is 6.32. The largest absolute Gasteiger partial charge is 0.378 e. The SMILES string of the molecule is Clc1cccc2nnc(CC3CCCCO3)n12. The van der Waals surface area contributed by atoms with E-state index < -0.39 is 0 Å². The number of hydrogen-bond acceptors (Lipinski definition) is 3. The highest BCUT2D eigenvalue weighted by molar-refractivity contribution is 6.29. The quantitative estimate of drug-likeness (QED) is 0.770. The molecule has 0 aliphatic carbocycles. The lowest BCUT2D eigenvalue weighted by molar-refractivity contribution is 0.0155. The molecule has 1 saturated heterocycles. The molecule has 3 rings (SSSR count). The summed E-state index contributed by atoms with van der Waals surface area (Å²) in [7, 11) is 0. The first-order valence-electron chi connectivity index (χ1n) is 5.95. The van der Waals surface area contributed by atoms with Crippen molar-refractivity contribution in [3.05, 3.63) is 29.2 Å². The molecule has 0 radical (unpaired) electrons. The van der Waals surface area contributed by atoms with Gasteiger partial charge in [-0.25, -0.2) is 0 Å². The van der Waals surface area contributed by atoms with E-state index in [0.29, 0.717) is 5.15 Å². The Morgan fingerprint density at radius 3 is 3.12 bits per heavy atom. The molecule has 1 atom stereocenters. The Bertz CT molecular complexity index is 519. The van der Waals surface area contributed by atoms with Crippen LogP contribution in [0.3, 0.4) is 0 Å². The number of nitrogens with zero attached hydrogens (tertiary/aromatic N) is 3.